The Hall–Kier alpha value is -3.29. The molecule has 0 bridgehead atoms. The maximum absolute atomic E-state index is 13.6. The van der Waals surface area contributed by atoms with Gasteiger partial charge in [0.05, 0.1) is 5.69 Å². The normalized spacial score (nSPS) is 13.8. The summed E-state index contributed by atoms with van der Waals surface area (Å²) in [5.41, 5.74) is 11.5. The van der Waals surface area contributed by atoms with E-state index in [4.69, 9.17) is 10.7 Å². The number of halogens is 1. The number of benzene rings is 2. The Bertz CT molecular complexity index is 1320. The van der Waals surface area contributed by atoms with E-state index >= 15 is 0 Å². The van der Waals surface area contributed by atoms with Crippen molar-refractivity contribution in [3.8, 4) is 0 Å². The Morgan fingerprint density at radius 1 is 1.22 bits per heavy atom. The molecule has 1 amide bonds. The van der Waals surface area contributed by atoms with Gasteiger partial charge < -0.3 is 11.1 Å². The van der Waals surface area contributed by atoms with Gasteiger partial charge in [-0.3, -0.25) is 9.69 Å². The fourth-order valence-corrected chi connectivity index (χ4v) is 5.10. The van der Waals surface area contributed by atoms with E-state index in [1.54, 1.807) is 6.07 Å². The molecule has 5 nitrogen and oxygen atoms in total. The highest BCUT2D eigenvalue weighted by Crippen LogP contribution is 2.36. The number of nitrogens with zero attached hydrogens (tertiary/aromatic N) is 2. The molecule has 3 heterocycles. The summed E-state index contributed by atoms with van der Waals surface area (Å²) in [6.07, 6.45) is 0.861. The first kappa shape index (κ1) is 20.6. The molecular formula is C25H23FN4OS. The number of fused-ring (bicyclic) bond motifs is 2. The largest absolute Gasteiger partial charge is 0.397 e. The van der Waals surface area contributed by atoms with E-state index in [-0.39, 0.29) is 5.91 Å². The smallest absolute Gasteiger partial charge is 0.267 e. The van der Waals surface area contributed by atoms with Gasteiger partial charge in [-0.05, 0) is 41.8 Å². The highest BCUT2D eigenvalue weighted by molar-refractivity contribution is 7.21. The first-order valence-corrected chi connectivity index (χ1v) is 11.3. The second kappa shape index (κ2) is 8.33. The van der Waals surface area contributed by atoms with Gasteiger partial charge in [-0.15, -0.1) is 11.3 Å². The van der Waals surface area contributed by atoms with Crippen LogP contribution in [0.15, 0.2) is 54.6 Å². The average Bonchev–Trinajstić information content (AvgIpc) is 3.11. The fourth-order valence-electron chi connectivity index (χ4n) is 4.11. The first-order chi connectivity index (χ1) is 15.5. The van der Waals surface area contributed by atoms with Gasteiger partial charge in [0.2, 0.25) is 0 Å². The lowest BCUT2D eigenvalue weighted by molar-refractivity contribution is 0.103. The van der Waals surface area contributed by atoms with Gasteiger partial charge in [-0.25, -0.2) is 9.37 Å². The van der Waals surface area contributed by atoms with Crippen LogP contribution in [0.5, 0.6) is 0 Å². The zero-order valence-electron chi connectivity index (χ0n) is 17.7. The predicted molar refractivity (Wildman–Crippen MR) is 127 cm³/mol. The van der Waals surface area contributed by atoms with Gasteiger partial charge in [0, 0.05) is 42.8 Å². The molecule has 3 N–H and O–H groups in total. The molecule has 2 aromatic carbocycles. The molecule has 2 aromatic heterocycles. The van der Waals surface area contributed by atoms with E-state index in [1.807, 2.05) is 13.0 Å². The number of pyridine rings is 1. The minimum Gasteiger partial charge on any atom is -0.397 e. The summed E-state index contributed by atoms with van der Waals surface area (Å²) < 4.78 is 13.6. The molecule has 0 aliphatic carbocycles. The van der Waals surface area contributed by atoms with Crippen molar-refractivity contribution in [1.82, 2.24) is 9.88 Å². The summed E-state index contributed by atoms with van der Waals surface area (Å²) in [7, 11) is 0. The van der Waals surface area contributed by atoms with Crippen LogP contribution in [-0.2, 0) is 19.5 Å². The second-order valence-electron chi connectivity index (χ2n) is 8.15. The number of aryl methyl sites for hydroxylation is 1. The molecule has 4 aromatic rings. The molecule has 0 atom stereocenters. The number of nitrogen functional groups attached to an aromatic ring is 1. The summed E-state index contributed by atoms with van der Waals surface area (Å²) in [5.74, 6) is -0.743. The maximum Gasteiger partial charge on any atom is 0.267 e. The van der Waals surface area contributed by atoms with Gasteiger partial charge in [0.15, 0.2) is 0 Å². The van der Waals surface area contributed by atoms with Crippen molar-refractivity contribution in [2.24, 2.45) is 0 Å². The van der Waals surface area contributed by atoms with Crippen molar-refractivity contribution < 1.29 is 9.18 Å². The van der Waals surface area contributed by atoms with Crippen molar-refractivity contribution in [3.05, 3.63) is 87.7 Å². The Labute approximate surface area is 189 Å². The number of carbonyl (C=O) groups excluding carboxylic acids is 1. The molecule has 0 radical (unpaired) electrons. The topological polar surface area (TPSA) is 71.2 Å². The number of hydrogen-bond acceptors (Lipinski definition) is 5. The summed E-state index contributed by atoms with van der Waals surface area (Å²) in [6, 6.07) is 16.8. The third-order valence-corrected chi connectivity index (χ3v) is 6.97. The SMILES string of the molecule is Cc1ccc(F)cc1NC(=O)c1sc2nc3c(cc2c1N)CN(Cc1ccccc1)CC3. The molecule has 0 saturated carbocycles. The number of carbonyl (C=O) groups is 1. The first-order valence-electron chi connectivity index (χ1n) is 10.5. The zero-order chi connectivity index (χ0) is 22.2. The van der Waals surface area contributed by atoms with E-state index in [2.05, 4.69) is 40.5 Å². The van der Waals surface area contributed by atoms with Crippen LogP contribution >= 0.6 is 11.3 Å². The minimum atomic E-state index is -0.399. The Kier molecular flexibility index (Phi) is 5.36. The molecular weight excluding hydrogens is 423 g/mol. The monoisotopic (exact) mass is 446 g/mol. The molecule has 162 valence electrons. The van der Waals surface area contributed by atoms with Crippen molar-refractivity contribution in [2.75, 3.05) is 17.6 Å². The van der Waals surface area contributed by atoms with E-state index in [0.717, 1.165) is 53.1 Å². The van der Waals surface area contributed by atoms with E-state index in [1.165, 1.54) is 29.0 Å². The van der Waals surface area contributed by atoms with Crippen LogP contribution < -0.4 is 11.1 Å². The summed E-state index contributed by atoms with van der Waals surface area (Å²) in [6.45, 7) is 4.44. The number of nitrogens with two attached hydrogens (primary N) is 1. The Morgan fingerprint density at radius 2 is 2.03 bits per heavy atom. The van der Waals surface area contributed by atoms with E-state index in [0.29, 0.717) is 16.3 Å². The molecule has 5 rings (SSSR count). The van der Waals surface area contributed by atoms with Crippen molar-refractivity contribution in [2.45, 2.75) is 26.4 Å². The lowest BCUT2D eigenvalue weighted by atomic mass is 10.0. The average molecular weight is 447 g/mol. The van der Waals surface area contributed by atoms with E-state index < -0.39 is 5.82 Å². The Balaban J connectivity index is 1.41. The highest BCUT2D eigenvalue weighted by atomic mass is 32.1. The van der Waals surface area contributed by atoms with Crippen LogP contribution in [0.4, 0.5) is 15.8 Å². The number of rotatable bonds is 4. The standard InChI is InChI=1S/C25H23FN4OS/c1-15-7-8-18(26)12-21(15)28-24(31)23-22(27)19-11-17-14-30(13-16-5-3-2-4-6-16)10-9-20(17)29-25(19)32-23/h2-8,11-12H,9-10,13-14,27H2,1H3,(H,28,31). The summed E-state index contributed by atoms with van der Waals surface area (Å²) in [5, 5.41) is 3.59. The minimum absolute atomic E-state index is 0.345. The lowest BCUT2D eigenvalue weighted by Gasteiger charge is -2.28. The number of anilines is 2. The second-order valence-corrected chi connectivity index (χ2v) is 9.15. The van der Waals surface area contributed by atoms with Crippen LogP contribution in [0.3, 0.4) is 0 Å². The van der Waals surface area contributed by atoms with Gasteiger partial charge in [-0.1, -0.05) is 36.4 Å². The molecule has 1 aliphatic heterocycles. The zero-order valence-corrected chi connectivity index (χ0v) is 18.5. The van der Waals surface area contributed by atoms with Crippen molar-refractivity contribution in [3.63, 3.8) is 0 Å². The van der Waals surface area contributed by atoms with Crippen LogP contribution in [-0.4, -0.2) is 22.3 Å². The van der Waals surface area contributed by atoms with Crippen molar-refractivity contribution >= 4 is 38.8 Å². The highest BCUT2D eigenvalue weighted by Gasteiger charge is 2.23. The quantitative estimate of drug-likeness (QED) is 0.456. The number of aromatic nitrogens is 1. The van der Waals surface area contributed by atoms with Gasteiger partial charge in [-0.2, -0.15) is 0 Å². The molecule has 7 heteroatoms. The number of thiophene rings is 1. The van der Waals surface area contributed by atoms with Crippen LogP contribution in [0, 0.1) is 12.7 Å². The summed E-state index contributed by atoms with van der Waals surface area (Å²) in [4.78, 5) is 21.3. The molecule has 0 fully saturated rings. The van der Waals surface area contributed by atoms with Crippen LogP contribution in [0.1, 0.15) is 32.1 Å². The molecule has 1 aliphatic rings. The molecule has 0 spiro atoms. The van der Waals surface area contributed by atoms with Crippen molar-refractivity contribution in [1.29, 1.82) is 0 Å². The molecule has 32 heavy (non-hydrogen) atoms. The Morgan fingerprint density at radius 3 is 2.84 bits per heavy atom. The van der Waals surface area contributed by atoms with E-state index in [9.17, 15) is 9.18 Å². The third kappa shape index (κ3) is 3.97. The predicted octanol–water partition coefficient (Wildman–Crippen LogP) is 5.14. The van der Waals surface area contributed by atoms with Gasteiger partial charge in [0.25, 0.3) is 5.91 Å². The number of amides is 1. The molecule has 0 saturated heterocycles. The van der Waals surface area contributed by atoms with Gasteiger partial charge in [0.1, 0.15) is 15.5 Å². The molecule has 0 unspecified atom stereocenters. The fraction of sp³-hybridized carbons (Fsp3) is 0.200. The van der Waals surface area contributed by atoms with Gasteiger partial charge >= 0.3 is 0 Å². The maximum atomic E-state index is 13.6. The lowest BCUT2D eigenvalue weighted by Crippen LogP contribution is -2.30. The van der Waals surface area contributed by atoms with Crippen LogP contribution in [0.25, 0.3) is 10.2 Å². The van der Waals surface area contributed by atoms with Crippen LogP contribution in [0.2, 0.25) is 0 Å². The number of hydrogen-bond donors (Lipinski definition) is 2. The number of nitrogens with one attached hydrogen (secondary N) is 1. The summed E-state index contributed by atoms with van der Waals surface area (Å²) >= 11 is 1.28. The third-order valence-electron chi connectivity index (χ3n) is 5.85.